The van der Waals surface area contributed by atoms with Gasteiger partial charge in [-0.15, -0.1) is 0 Å². The third kappa shape index (κ3) is 2.01. The number of allylic oxidation sites excluding steroid dienone is 1. The second kappa shape index (κ2) is 5.03. The fraction of sp³-hybridized carbons (Fsp3) is 0.143. The zero-order chi connectivity index (χ0) is 15.1. The van der Waals surface area contributed by atoms with Gasteiger partial charge in [-0.1, -0.05) is 36.4 Å². The van der Waals surface area contributed by atoms with E-state index in [-0.39, 0.29) is 0 Å². The van der Waals surface area contributed by atoms with E-state index in [0.29, 0.717) is 0 Å². The Labute approximate surface area is 130 Å². The Balaban J connectivity index is 1.93. The molecule has 1 aliphatic carbocycles. The van der Waals surface area contributed by atoms with Gasteiger partial charge in [-0.2, -0.15) is 0 Å². The van der Waals surface area contributed by atoms with E-state index in [1.807, 2.05) is 12.1 Å². The molecule has 1 aliphatic rings. The Morgan fingerprint density at radius 2 is 1.77 bits per heavy atom. The Morgan fingerprint density at radius 1 is 0.955 bits per heavy atom. The summed E-state index contributed by atoms with van der Waals surface area (Å²) in [6, 6.07) is 17.0. The maximum atomic E-state index is 5.59. The first-order valence-electron chi connectivity index (χ1n) is 7.67. The van der Waals surface area contributed by atoms with Crippen LogP contribution in [0.3, 0.4) is 0 Å². The topological polar surface area (TPSA) is 13.1 Å². The predicted molar refractivity (Wildman–Crippen MR) is 91.6 cm³/mol. The highest BCUT2D eigenvalue weighted by Crippen LogP contribution is 2.40. The maximum absolute atomic E-state index is 5.59. The first-order chi connectivity index (χ1) is 10.7. The van der Waals surface area contributed by atoms with E-state index in [4.69, 9.17) is 4.42 Å². The molecule has 0 unspecified atom stereocenters. The molecule has 1 heteroatoms. The number of aryl methyl sites for hydroxylation is 1. The van der Waals surface area contributed by atoms with Crippen molar-refractivity contribution >= 4 is 11.6 Å². The monoisotopic (exact) mass is 286 g/mol. The largest absolute Gasteiger partial charge is 0.465 e. The van der Waals surface area contributed by atoms with Gasteiger partial charge in [0.25, 0.3) is 0 Å². The Morgan fingerprint density at radius 3 is 2.50 bits per heavy atom. The van der Waals surface area contributed by atoms with Gasteiger partial charge in [0.15, 0.2) is 0 Å². The van der Waals surface area contributed by atoms with E-state index in [0.717, 1.165) is 12.2 Å². The van der Waals surface area contributed by atoms with Crippen molar-refractivity contribution in [2.24, 2.45) is 0 Å². The Bertz CT molecular complexity index is 853. The van der Waals surface area contributed by atoms with Crippen LogP contribution in [0.15, 0.2) is 59.2 Å². The molecule has 4 rings (SSSR count). The van der Waals surface area contributed by atoms with Crippen molar-refractivity contribution < 1.29 is 4.42 Å². The van der Waals surface area contributed by atoms with Gasteiger partial charge < -0.3 is 4.42 Å². The summed E-state index contributed by atoms with van der Waals surface area (Å²) in [6.45, 7) is 4.42. The smallest absolute Gasteiger partial charge is 0.130 e. The number of benzene rings is 2. The van der Waals surface area contributed by atoms with Crippen molar-refractivity contribution in [3.05, 3.63) is 82.8 Å². The quantitative estimate of drug-likeness (QED) is 0.592. The highest BCUT2D eigenvalue weighted by Gasteiger charge is 2.21. The van der Waals surface area contributed by atoms with E-state index in [1.54, 1.807) is 6.26 Å². The van der Waals surface area contributed by atoms with Crippen molar-refractivity contribution in [1.82, 2.24) is 0 Å². The lowest BCUT2D eigenvalue weighted by molar-refractivity contribution is 0.552. The summed E-state index contributed by atoms with van der Waals surface area (Å²) in [5.74, 6) is 0.977. The standard InChI is InChI=1S/C21H18O/c1-14-11-17-12-18(20-9-6-10-22-20)13-19(17)21(15(14)2)16-7-4-3-5-8-16/h3-11,13H,12H2,1-2H3. The van der Waals surface area contributed by atoms with Crippen LogP contribution in [0.1, 0.15) is 28.0 Å². The summed E-state index contributed by atoms with van der Waals surface area (Å²) < 4.78 is 5.59. The minimum absolute atomic E-state index is 0.948. The summed E-state index contributed by atoms with van der Waals surface area (Å²) in [4.78, 5) is 0. The zero-order valence-electron chi connectivity index (χ0n) is 12.9. The summed E-state index contributed by atoms with van der Waals surface area (Å²) in [7, 11) is 0. The van der Waals surface area contributed by atoms with Crippen LogP contribution in [-0.4, -0.2) is 0 Å². The molecule has 0 aliphatic heterocycles. The fourth-order valence-electron chi connectivity index (χ4n) is 3.34. The summed E-state index contributed by atoms with van der Waals surface area (Å²) >= 11 is 0. The lowest BCUT2D eigenvalue weighted by Crippen LogP contribution is -1.95. The van der Waals surface area contributed by atoms with Crippen LogP contribution >= 0.6 is 0 Å². The van der Waals surface area contributed by atoms with Gasteiger partial charge in [0.2, 0.25) is 0 Å². The third-order valence-electron chi connectivity index (χ3n) is 4.57. The molecule has 1 heterocycles. The lowest BCUT2D eigenvalue weighted by Gasteiger charge is -2.14. The van der Waals surface area contributed by atoms with Gasteiger partial charge in [-0.25, -0.2) is 0 Å². The van der Waals surface area contributed by atoms with Crippen molar-refractivity contribution in [3.8, 4) is 11.1 Å². The summed E-state index contributed by atoms with van der Waals surface area (Å²) in [5.41, 5.74) is 9.37. The van der Waals surface area contributed by atoms with Gasteiger partial charge in [-0.05, 0) is 71.0 Å². The van der Waals surface area contributed by atoms with Gasteiger partial charge in [0.1, 0.15) is 5.76 Å². The van der Waals surface area contributed by atoms with Crippen molar-refractivity contribution in [1.29, 1.82) is 0 Å². The highest BCUT2D eigenvalue weighted by atomic mass is 16.3. The SMILES string of the molecule is Cc1cc2c(c(-c3ccccc3)c1C)C=C(c1ccco1)C2. The van der Waals surface area contributed by atoms with E-state index < -0.39 is 0 Å². The molecule has 0 N–H and O–H groups in total. The van der Waals surface area contributed by atoms with Crippen molar-refractivity contribution in [2.45, 2.75) is 20.3 Å². The molecule has 0 saturated carbocycles. The maximum Gasteiger partial charge on any atom is 0.130 e. The highest BCUT2D eigenvalue weighted by molar-refractivity contribution is 5.94. The molecular formula is C21H18O. The molecule has 3 aromatic rings. The molecule has 0 amide bonds. The van der Waals surface area contributed by atoms with E-state index in [2.05, 4.69) is 56.3 Å². The lowest BCUT2D eigenvalue weighted by atomic mass is 9.90. The number of furan rings is 1. The summed E-state index contributed by atoms with van der Waals surface area (Å²) in [6.07, 6.45) is 4.99. The average Bonchev–Trinajstić information content (AvgIpc) is 3.18. The first kappa shape index (κ1) is 13.1. The molecule has 0 fully saturated rings. The van der Waals surface area contributed by atoms with Crippen LogP contribution < -0.4 is 0 Å². The molecule has 22 heavy (non-hydrogen) atoms. The van der Waals surface area contributed by atoms with Gasteiger partial charge >= 0.3 is 0 Å². The second-order valence-corrected chi connectivity index (χ2v) is 5.96. The zero-order valence-corrected chi connectivity index (χ0v) is 12.9. The van der Waals surface area contributed by atoms with Crippen molar-refractivity contribution in [3.63, 3.8) is 0 Å². The molecule has 1 aromatic heterocycles. The number of hydrogen-bond donors (Lipinski definition) is 0. The van der Waals surface area contributed by atoms with Crippen LogP contribution in [0, 0.1) is 13.8 Å². The molecular weight excluding hydrogens is 268 g/mol. The molecule has 108 valence electrons. The van der Waals surface area contributed by atoms with Crippen LogP contribution in [0.25, 0.3) is 22.8 Å². The minimum atomic E-state index is 0.948. The third-order valence-corrected chi connectivity index (χ3v) is 4.57. The van der Waals surface area contributed by atoms with Crippen LogP contribution in [-0.2, 0) is 6.42 Å². The first-order valence-corrected chi connectivity index (χ1v) is 7.67. The van der Waals surface area contributed by atoms with Gasteiger partial charge in [0.05, 0.1) is 6.26 Å². The number of fused-ring (bicyclic) bond motifs is 1. The molecule has 0 bridgehead atoms. The predicted octanol–water partition coefficient (Wildman–Crippen LogP) is 5.66. The summed E-state index contributed by atoms with van der Waals surface area (Å²) in [5, 5.41) is 0. The van der Waals surface area contributed by atoms with Crippen LogP contribution in [0.5, 0.6) is 0 Å². The molecule has 0 spiro atoms. The Hall–Kier alpha value is -2.54. The van der Waals surface area contributed by atoms with E-state index >= 15 is 0 Å². The number of rotatable bonds is 2. The Kier molecular flexibility index (Phi) is 3.00. The van der Waals surface area contributed by atoms with Crippen molar-refractivity contribution in [2.75, 3.05) is 0 Å². The normalized spacial score (nSPS) is 13.1. The molecule has 0 radical (unpaired) electrons. The van der Waals surface area contributed by atoms with Gasteiger partial charge in [-0.3, -0.25) is 0 Å². The van der Waals surface area contributed by atoms with Crippen LogP contribution in [0.2, 0.25) is 0 Å². The second-order valence-electron chi connectivity index (χ2n) is 5.96. The molecule has 0 saturated heterocycles. The molecule has 2 aromatic carbocycles. The minimum Gasteiger partial charge on any atom is -0.465 e. The average molecular weight is 286 g/mol. The fourth-order valence-corrected chi connectivity index (χ4v) is 3.34. The molecule has 1 nitrogen and oxygen atoms in total. The van der Waals surface area contributed by atoms with E-state index in [1.165, 1.54) is 39.0 Å². The van der Waals surface area contributed by atoms with E-state index in [9.17, 15) is 0 Å². The van der Waals surface area contributed by atoms with Gasteiger partial charge in [0, 0.05) is 6.42 Å². The molecule has 0 atom stereocenters. The van der Waals surface area contributed by atoms with Crippen LogP contribution in [0.4, 0.5) is 0 Å². The number of hydrogen-bond acceptors (Lipinski definition) is 1.